The number of likely N-dealkylation sites (N-methyl/N-ethyl adjacent to an activating group) is 1. The second-order valence-corrected chi connectivity index (χ2v) is 5.72. The van der Waals surface area contributed by atoms with Gasteiger partial charge in [0.05, 0.1) is 6.61 Å². The molecule has 1 N–H and O–H groups in total. The lowest BCUT2D eigenvalue weighted by atomic mass is 9.96. The van der Waals surface area contributed by atoms with E-state index in [-0.39, 0.29) is 6.10 Å². The molecule has 0 aliphatic carbocycles. The first-order chi connectivity index (χ1) is 9.85. The Morgan fingerprint density at radius 3 is 3.20 bits per heavy atom. The fraction of sp³-hybridized carbons (Fsp3) is 0.857. The van der Waals surface area contributed by atoms with Crippen molar-refractivity contribution >= 4 is 0 Å². The molecular formula is C14H24N4O2. The zero-order valence-corrected chi connectivity index (χ0v) is 12.2. The van der Waals surface area contributed by atoms with E-state index in [2.05, 4.69) is 27.3 Å². The Labute approximate surface area is 119 Å². The van der Waals surface area contributed by atoms with Crippen molar-refractivity contribution < 1.29 is 9.26 Å². The minimum absolute atomic E-state index is 0.0364. The zero-order chi connectivity index (χ0) is 13.8. The van der Waals surface area contributed by atoms with Gasteiger partial charge in [0.15, 0.2) is 0 Å². The number of hydrogen-bond donors (Lipinski definition) is 1. The average Bonchev–Trinajstić information content (AvgIpc) is 2.97. The number of piperidine rings is 1. The van der Waals surface area contributed by atoms with Crippen molar-refractivity contribution in [2.45, 2.75) is 32.3 Å². The summed E-state index contributed by atoms with van der Waals surface area (Å²) >= 11 is 0. The second kappa shape index (κ2) is 6.65. The van der Waals surface area contributed by atoms with Gasteiger partial charge in [-0.25, -0.2) is 0 Å². The van der Waals surface area contributed by atoms with Gasteiger partial charge < -0.3 is 14.6 Å². The van der Waals surface area contributed by atoms with Gasteiger partial charge in [-0.1, -0.05) is 12.1 Å². The maximum absolute atomic E-state index is 5.76. The molecule has 0 bridgehead atoms. The Bertz CT molecular complexity index is 417. The molecule has 0 radical (unpaired) electrons. The molecule has 1 aromatic heterocycles. The standard InChI is InChI=1S/C14H24N4O2/c1-2-18-6-7-19-12(10-18)14-16-13(20-17-14)8-11-4-3-5-15-9-11/h11-12,15H,2-10H2,1H3. The number of ether oxygens (including phenoxy) is 1. The number of nitrogens with one attached hydrogen (secondary N) is 1. The third kappa shape index (κ3) is 3.37. The maximum Gasteiger partial charge on any atom is 0.227 e. The Kier molecular flexibility index (Phi) is 4.65. The summed E-state index contributed by atoms with van der Waals surface area (Å²) in [7, 11) is 0. The van der Waals surface area contributed by atoms with Gasteiger partial charge in [-0.15, -0.1) is 0 Å². The molecule has 2 unspecified atom stereocenters. The fourth-order valence-corrected chi connectivity index (χ4v) is 2.97. The highest BCUT2D eigenvalue weighted by molar-refractivity contribution is 4.95. The maximum atomic E-state index is 5.76. The molecule has 0 saturated carbocycles. The Morgan fingerprint density at radius 1 is 1.45 bits per heavy atom. The first-order valence-corrected chi connectivity index (χ1v) is 7.72. The molecule has 6 heteroatoms. The summed E-state index contributed by atoms with van der Waals surface area (Å²) < 4.78 is 11.2. The van der Waals surface area contributed by atoms with Crippen molar-refractivity contribution in [1.82, 2.24) is 20.4 Å². The minimum atomic E-state index is -0.0364. The van der Waals surface area contributed by atoms with Gasteiger partial charge >= 0.3 is 0 Å². The Morgan fingerprint density at radius 2 is 2.40 bits per heavy atom. The van der Waals surface area contributed by atoms with E-state index in [0.717, 1.165) is 51.6 Å². The van der Waals surface area contributed by atoms with Crippen LogP contribution in [0.5, 0.6) is 0 Å². The molecule has 2 saturated heterocycles. The van der Waals surface area contributed by atoms with Gasteiger partial charge in [0.1, 0.15) is 6.10 Å². The summed E-state index contributed by atoms with van der Waals surface area (Å²) in [6, 6.07) is 0. The first kappa shape index (κ1) is 14.0. The fourth-order valence-electron chi connectivity index (χ4n) is 2.97. The molecular weight excluding hydrogens is 256 g/mol. The van der Waals surface area contributed by atoms with Crippen molar-refractivity contribution in [2.24, 2.45) is 5.92 Å². The molecule has 20 heavy (non-hydrogen) atoms. The van der Waals surface area contributed by atoms with Gasteiger partial charge in [0.2, 0.25) is 11.7 Å². The predicted octanol–water partition coefficient (Wildman–Crippen LogP) is 1.00. The van der Waals surface area contributed by atoms with Crippen molar-refractivity contribution in [2.75, 3.05) is 39.3 Å². The van der Waals surface area contributed by atoms with Crippen LogP contribution in [0.2, 0.25) is 0 Å². The van der Waals surface area contributed by atoms with Crippen LogP contribution in [0.3, 0.4) is 0 Å². The monoisotopic (exact) mass is 280 g/mol. The summed E-state index contributed by atoms with van der Waals surface area (Å²) in [5, 5.41) is 7.53. The van der Waals surface area contributed by atoms with Crippen molar-refractivity contribution in [3.05, 3.63) is 11.7 Å². The van der Waals surface area contributed by atoms with Crippen molar-refractivity contribution in [3.63, 3.8) is 0 Å². The molecule has 2 aliphatic rings. The first-order valence-electron chi connectivity index (χ1n) is 7.72. The van der Waals surface area contributed by atoms with Crippen molar-refractivity contribution in [3.8, 4) is 0 Å². The van der Waals surface area contributed by atoms with Crippen LogP contribution in [-0.2, 0) is 11.2 Å². The van der Waals surface area contributed by atoms with Crippen LogP contribution in [0.4, 0.5) is 0 Å². The van der Waals surface area contributed by atoms with Gasteiger partial charge in [-0.05, 0) is 38.4 Å². The molecule has 0 spiro atoms. The van der Waals surface area contributed by atoms with E-state index in [1.165, 1.54) is 12.8 Å². The molecule has 3 rings (SSSR count). The highest BCUT2D eigenvalue weighted by Crippen LogP contribution is 2.21. The summed E-state index contributed by atoms with van der Waals surface area (Å²) in [5.41, 5.74) is 0. The van der Waals surface area contributed by atoms with Gasteiger partial charge in [0.25, 0.3) is 0 Å². The number of morpholine rings is 1. The number of rotatable bonds is 4. The Balaban J connectivity index is 1.58. The quantitative estimate of drug-likeness (QED) is 0.888. The van der Waals surface area contributed by atoms with E-state index < -0.39 is 0 Å². The topological polar surface area (TPSA) is 63.4 Å². The average molecular weight is 280 g/mol. The summed E-state index contributed by atoms with van der Waals surface area (Å²) in [6.07, 6.45) is 3.33. The van der Waals surface area contributed by atoms with Gasteiger partial charge in [-0.2, -0.15) is 4.98 Å². The van der Waals surface area contributed by atoms with Crippen LogP contribution >= 0.6 is 0 Å². The smallest absolute Gasteiger partial charge is 0.227 e. The lowest BCUT2D eigenvalue weighted by molar-refractivity contribution is -0.0334. The lowest BCUT2D eigenvalue weighted by Crippen LogP contribution is -2.38. The SMILES string of the molecule is CCN1CCOC(c2noc(CC3CCCNC3)n2)C1. The van der Waals surface area contributed by atoms with E-state index in [1.807, 2.05) is 0 Å². The van der Waals surface area contributed by atoms with Crippen LogP contribution in [-0.4, -0.2) is 54.4 Å². The second-order valence-electron chi connectivity index (χ2n) is 5.72. The van der Waals surface area contributed by atoms with Crippen LogP contribution in [0, 0.1) is 5.92 Å². The minimum Gasteiger partial charge on any atom is -0.367 e. The van der Waals surface area contributed by atoms with Crippen LogP contribution in [0.15, 0.2) is 4.52 Å². The largest absolute Gasteiger partial charge is 0.367 e. The molecule has 2 atom stereocenters. The molecule has 3 heterocycles. The Hall–Kier alpha value is -0.980. The van der Waals surface area contributed by atoms with E-state index in [9.17, 15) is 0 Å². The molecule has 0 amide bonds. The number of aromatic nitrogens is 2. The zero-order valence-electron chi connectivity index (χ0n) is 12.2. The van der Waals surface area contributed by atoms with Crippen LogP contribution in [0.25, 0.3) is 0 Å². The molecule has 6 nitrogen and oxygen atoms in total. The summed E-state index contributed by atoms with van der Waals surface area (Å²) in [5.74, 6) is 2.09. The molecule has 2 fully saturated rings. The third-order valence-electron chi connectivity index (χ3n) is 4.23. The third-order valence-corrected chi connectivity index (χ3v) is 4.23. The highest BCUT2D eigenvalue weighted by Gasteiger charge is 2.26. The molecule has 0 aromatic carbocycles. The van der Waals surface area contributed by atoms with E-state index >= 15 is 0 Å². The highest BCUT2D eigenvalue weighted by atomic mass is 16.5. The molecule has 112 valence electrons. The van der Waals surface area contributed by atoms with Gasteiger partial charge in [0, 0.05) is 19.5 Å². The van der Waals surface area contributed by atoms with Gasteiger partial charge in [-0.3, -0.25) is 4.90 Å². The van der Waals surface area contributed by atoms with Crippen LogP contribution < -0.4 is 5.32 Å². The van der Waals surface area contributed by atoms with E-state index in [4.69, 9.17) is 9.26 Å². The summed E-state index contributed by atoms with van der Waals surface area (Å²) in [4.78, 5) is 6.90. The van der Waals surface area contributed by atoms with E-state index in [0.29, 0.717) is 11.7 Å². The summed E-state index contributed by atoms with van der Waals surface area (Å²) in [6.45, 7) is 7.99. The van der Waals surface area contributed by atoms with Crippen molar-refractivity contribution in [1.29, 1.82) is 0 Å². The predicted molar refractivity (Wildman–Crippen MR) is 74.4 cm³/mol. The van der Waals surface area contributed by atoms with E-state index in [1.54, 1.807) is 0 Å². The number of hydrogen-bond acceptors (Lipinski definition) is 6. The molecule has 1 aromatic rings. The lowest BCUT2D eigenvalue weighted by Gasteiger charge is -2.30. The van der Waals surface area contributed by atoms with Crippen LogP contribution in [0.1, 0.15) is 37.6 Å². The molecule has 2 aliphatic heterocycles. The number of nitrogens with zero attached hydrogens (tertiary/aromatic N) is 3. The normalized spacial score (nSPS) is 28.6.